The van der Waals surface area contributed by atoms with Gasteiger partial charge in [-0.3, -0.25) is 0 Å². The van der Waals surface area contributed by atoms with Crippen LogP contribution in [0.1, 0.15) is 17.3 Å². The molecule has 0 fully saturated rings. The molecule has 100 valence electrons. The van der Waals surface area contributed by atoms with Gasteiger partial charge in [-0.05, 0) is 25.1 Å². The number of aryl methyl sites for hydroxylation is 1. The summed E-state index contributed by atoms with van der Waals surface area (Å²) in [6, 6.07) is 4.47. The Balaban J connectivity index is 2.61. The van der Waals surface area contributed by atoms with Crippen molar-refractivity contribution in [3.63, 3.8) is 0 Å². The van der Waals surface area contributed by atoms with Crippen molar-refractivity contribution < 1.29 is 19.0 Å². The summed E-state index contributed by atoms with van der Waals surface area (Å²) in [5.74, 6) is -1.28. The summed E-state index contributed by atoms with van der Waals surface area (Å²) in [5, 5.41) is 13.1. The second kappa shape index (κ2) is 5.09. The third-order valence-electron chi connectivity index (χ3n) is 2.82. The molecule has 1 heterocycles. The van der Waals surface area contributed by atoms with Crippen LogP contribution in [0.25, 0.3) is 11.1 Å². The van der Waals surface area contributed by atoms with Crippen LogP contribution in [-0.4, -0.2) is 28.0 Å². The molecular formula is C13H13FN2O3. The van der Waals surface area contributed by atoms with Gasteiger partial charge in [-0.1, -0.05) is 0 Å². The van der Waals surface area contributed by atoms with Gasteiger partial charge in [0.2, 0.25) is 5.95 Å². The van der Waals surface area contributed by atoms with E-state index in [1.165, 1.54) is 30.1 Å². The molecule has 6 heteroatoms. The number of aromatic nitrogens is 2. The predicted octanol–water partition coefficient (Wildman–Crippen LogP) is 2.42. The average Bonchev–Trinajstić information content (AvgIpc) is 2.79. The number of halogens is 1. The van der Waals surface area contributed by atoms with Crippen LogP contribution in [0.15, 0.2) is 24.4 Å². The second-order valence-corrected chi connectivity index (χ2v) is 3.88. The van der Waals surface area contributed by atoms with Gasteiger partial charge in [-0.15, -0.1) is 0 Å². The molecule has 0 unspecified atom stereocenters. The fraction of sp³-hybridized carbons (Fsp3) is 0.231. The molecule has 0 amide bonds. The standard InChI is InChI=1S/C13H13FN2O3/c1-3-16-12(14)11(7-15-16)9-5-4-8(19-2)6-10(9)13(17)18/h4-7H,3H2,1-2H3,(H,17,18). The first-order valence-electron chi connectivity index (χ1n) is 5.71. The van der Waals surface area contributed by atoms with Gasteiger partial charge in [-0.25, -0.2) is 9.48 Å². The Labute approximate surface area is 109 Å². The first-order chi connectivity index (χ1) is 9.08. The number of carboxylic acid groups (broad SMARTS) is 1. The molecular weight excluding hydrogens is 251 g/mol. The highest BCUT2D eigenvalue weighted by Gasteiger charge is 2.18. The number of benzene rings is 1. The van der Waals surface area contributed by atoms with Gasteiger partial charge >= 0.3 is 5.97 Å². The first kappa shape index (κ1) is 13.1. The Morgan fingerprint density at radius 1 is 1.47 bits per heavy atom. The summed E-state index contributed by atoms with van der Waals surface area (Å²) in [5.41, 5.74) is 0.432. The van der Waals surface area contributed by atoms with Crippen LogP contribution in [0.4, 0.5) is 4.39 Å². The number of rotatable bonds is 4. The van der Waals surface area contributed by atoms with Gasteiger partial charge in [0.1, 0.15) is 5.75 Å². The number of hydrogen-bond acceptors (Lipinski definition) is 3. The van der Waals surface area contributed by atoms with E-state index in [2.05, 4.69) is 5.10 Å². The maximum absolute atomic E-state index is 14.0. The van der Waals surface area contributed by atoms with E-state index in [1.807, 2.05) is 0 Å². The van der Waals surface area contributed by atoms with E-state index < -0.39 is 11.9 Å². The Hall–Kier alpha value is -2.37. The summed E-state index contributed by atoms with van der Waals surface area (Å²) < 4.78 is 20.2. The Morgan fingerprint density at radius 2 is 2.21 bits per heavy atom. The minimum Gasteiger partial charge on any atom is -0.497 e. The summed E-state index contributed by atoms with van der Waals surface area (Å²) in [6.45, 7) is 2.14. The van der Waals surface area contributed by atoms with Crippen molar-refractivity contribution >= 4 is 5.97 Å². The predicted molar refractivity (Wildman–Crippen MR) is 66.8 cm³/mol. The molecule has 1 aromatic carbocycles. The minimum atomic E-state index is -1.14. The van der Waals surface area contributed by atoms with Crippen LogP contribution in [0.2, 0.25) is 0 Å². The molecule has 1 N–H and O–H groups in total. The Bertz CT molecular complexity index is 622. The normalized spacial score (nSPS) is 10.5. The molecule has 2 rings (SSSR count). The summed E-state index contributed by atoms with van der Waals surface area (Å²) in [7, 11) is 1.44. The van der Waals surface area contributed by atoms with Crippen LogP contribution >= 0.6 is 0 Å². The maximum Gasteiger partial charge on any atom is 0.336 e. The van der Waals surface area contributed by atoms with Crippen LogP contribution in [0.3, 0.4) is 0 Å². The second-order valence-electron chi connectivity index (χ2n) is 3.88. The van der Waals surface area contributed by atoms with Gasteiger partial charge in [-0.2, -0.15) is 9.49 Å². The largest absolute Gasteiger partial charge is 0.497 e. The van der Waals surface area contributed by atoms with E-state index in [4.69, 9.17) is 4.74 Å². The van der Waals surface area contributed by atoms with Crippen molar-refractivity contribution in [3.05, 3.63) is 35.9 Å². The van der Waals surface area contributed by atoms with Crippen molar-refractivity contribution in [2.75, 3.05) is 7.11 Å². The highest BCUT2D eigenvalue weighted by molar-refractivity contribution is 5.96. The number of methoxy groups -OCH3 is 1. The molecule has 19 heavy (non-hydrogen) atoms. The molecule has 0 atom stereocenters. The quantitative estimate of drug-likeness (QED) is 0.921. The topological polar surface area (TPSA) is 64.4 Å². The maximum atomic E-state index is 14.0. The highest BCUT2D eigenvalue weighted by atomic mass is 19.1. The van der Waals surface area contributed by atoms with Crippen molar-refractivity contribution in [3.8, 4) is 16.9 Å². The van der Waals surface area contributed by atoms with Gasteiger partial charge in [0.15, 0.2) is 0 Å². The van der Waals surface area contributed by atoms with E-state index >= 15 is 0 Å². The van der Waals surface area contributed by atoms with E-state index in [0.29, 0.717) is 12.3 Å². The van der Waals surface area contributed by atoms with Crippen LogP contribution in [0, 0.1) is 5.95 Å². The van der Waals surface area contributed by atoms with Crippen molar-refractivity contribution in [2.45, 2.75) is 13.5 Å². The van der Waals surface area contributed by atoms with Gasteiger partial charge in [0.25, 0.3) is 0 Å². The average molecular weight is 264 g/mol. The lowest BCUT2D eigenvalue weighted by atomic mass is 10.0. The number of ether oxygens (including phenoxy) is 1. The summed E-state index contributed by atoms with van der Waals surface area (Å²) in [4.78, 5) is 11.2. The van der Waals surface area contributed by atoms with E-state index in [-0.39, 0.29) is 16.7 Å². The van der Waals surface area contributed by atoms with Crippen LogP contribution < -0.4 is 4.74 Å². The third kappa shape index (κ3) is 2.29. The molecule has 0 saturated carbocycles. The smallest absolute Gasteiger partial charge is 0.336 e. The van der Waals surface area contributed by atoms with E-state index in [9.17, 15) is 14.3 Å². The first-order valence-corrected chi connectivity index (χ1v) is 5.71. The molecule has 0 spiro atoms. The number of carbonyl (C=O) groups is 1. The molecule has 0 saturated heterocycles. The fourth-order valence-electron chi connectivity index (χ4n) is 1.83. The minimum absolute atomic E-state index is 0.0195. The third-order valence-corrected chi connectivity index (χ3v) is 2.82. The van der Waals surface area contributed by atoms with Crippen LogP contribution in [0.5, 0.6) is 5.75 Å². The van der Waals surface area contributed by atoms with Crippen molar-refractivity contribution in [1.82, 2.24) is 9.78 Å². The molecule has 0 aliphatic heterocycles. The fourth-order valence-corrected chi connectivity index (χ4v) is 1.83. The summed E-state index contributed by atoms with van der Waals surface area (Å²) >= 11 is 0. The molecule has 5 nitrogen and oxygen atoms in total. The highest BCUT2D eigenvalue weighted by Crippen LogP contribution is 2.29. The monoisotopic (exact) mass is 264 g/mol. The lowest BCUT2D eigenvalue weighted by Crippen LogP contribution is -2.03. The number of hydrogen-bond donors (Lipinski definition) is 1. The summed E-state index contributed by atoms with van der Waals surface area (Å²) in [6.07, 6.45) is 1.33. The number of carboxylic acids is 1. The molecule has 0 bridgehead atoms. The number of aromatic carboxylic acids is 1. The Morgan fingerprint density at radius 3 is 2.74 bits per heavy atom. The molecule has 1 aromatic heterocycles. The number of nitrogens with zero attached hydrogens (tertiary/aromatic N) is 2. The van der Waals surface area contributed by atoms with Crippen molar-refractivity contribution in [2.24, 2.45) is 0 Å². The molecule has 0 aliphatic carbocycles. The van der Waals surface area contributed by atoms with Gasteiger partial charge in [0.05, 0.1) is 24.4 Å². The zero-order valence-electron chi connectivity index (χ0n) is 10.6. The zero-order chi connectivity index (χ0) is 14.0. The molecule has 0 aliphatic rings. The van der Waals surface area contributed by atoms with Crippen molar-refractivity contribution in [1.29, 1.82) is 0 Å². The zero-order valence-corrected chi connectivity index (χ0v) is 10.6. The lowest BCUT2D eigenvalue weighted by molar-refractivity contribution is 0.0697. The van der Waals surface area contributed by atoms with Gasteiger partial charge < -0.3 is 9.84 Å². The Kier molecular flexibility index (Phi) is 3.50. The molecule has 2 aromatic rings. The van der Waals surface area contributed by atoms with E-state index in [1.54, 1.807) is 13.0 Å². The SMILES string of the molecule is CCn1ncc(-c2ccc(OC)cc2C(=O)O)c1F. The van der Waals surface area contributed by atoms with E-state index in [0.717, 1.165) is 0 Å². The van der Waals surface area contributed by atoms with Crippen LogP contribution in [-0.2, 0) is 6.54 Å². The molecule has 0 radical (unpaired) electrons. The lowest BCUT2D eigenvalue weighted by Gasteiger charge is -2.07. The van der Waals surface area contributed by atoms with Gasteiger partial charge in [0, 0.05) is 12.1 Å².